The van der Waals surface area contributed by atoms with Crippen molar-refractivity contribution >= 4 is 11.6 Å². The smallest absolute Gasteiger partial charge is 0.224 e. The van der Waals surface area contributed by atoms with E-state index in [0.717, 1.165) is 31.0 Å². The third-order valence-electron chi connectivity index (χ3n) is 4.35. The van der Waals surface area contributed by atoms with Gasteiger partial charge in [-0.25, -0.2) is 9.97 Å². The van der Waals surface area contributed by atoms with Crippen molar-refractivity contribution in [3.05, 3.63) is 36.5 Å². The van der Waals surface area contributed by atoms with E-state index in [1.165, 1.54) is 12.8 Å². The van der Waals surface area contributed by atoms with Gasteiger partial charge in [0.05, 0.1) is 5.69 Å². The molecule has 0 atom stereocenters. The molecule has 2 N–H and O–H groups in total. The average Bonchev–Trinajstić information content (AvgIpc) is 3.00. The van der Waals surface area contributed by atoms with E-state index in [0.29, 0.717) is 18.2 Å². The second-order valence-electron chi connectivity index (χ2n) is 6.00. The molecule has 0 saturated carbocycles. The van der Waals surface area contributed by atoms with E-state index in [9.17, 15) is 4.79 Å². The molecule has 0 radical (unpaired) electrons. The van der Waals surface area contributed by atoms with Crippen LogP contribution in [0.5, 0.6) is 0 Å². The van der Waals surface area contributed by atoms with Gasteiger partial charge in [-0.2, -0.15) is 0 Å². The number of nitrogens with one attached hydrogen (secondary N) is 2. The zero-order chi connectivity index (χ0) is 16.1. The molecule has 23 heavy (non-hydrogen) atoms. The molecule has 0 aromatic carbocycles. The van der Waals surface area contributed by atoms with Gasteiger partial charge in [-0.3, -0.25) is 9.36 Å². The predicted molar refractivity (Wildman–Crippen MR) is 89.6 cm³/mol. The Morgan fingerprint density at radius 3 is 2.91 bits per heavy atom. The molecular weight excluding hydrogens is 290 g/mol. The van der Waals surface area contributed by atoms with Crippen molar-refractivity contribution in [2.75, 3.05) is 18.4 Å². The Morgan fingerprint density at radius 1 is 1.35 bits per heavy atom. The van der Waals surface area contributed by atoms with Crippen LogP contribution in [0.3, 0.4) is 0 Å². The minimum atomic E-state index is 0.0514. The van der Waals surface area contributed by atoms with Crippen molar-refractivity contribution < 1.29 is 4.79 Å². The maximum atomic E-state index is 12.3. The summed E-state index contributed by atoms with van der Waals surface area (Å²) in [5, 5.41) is 6.35. The second-order valence-corrected chi connectivity index (χ2v) is 6.00. The van der Waals surface area contributed by atoms with Crippen LogP contribution < -0.4 is 10.6 Å². The van der Waals surface area contributed by atoms with E-state index < -0.39 is 0 Å². The van der Waals surface area contributed by atoms with Crippen molar-refractivity contribution in [3.63, 3.8) is 0 Å². The third-order valence-corrected chi connectivity index (χ3v) is 4.35. The van der Waals surface area contributed by atoms with Gasteiger partial charge >= 0.3 is 0 Å². The fourth-order valence-corrected chi connectivity index (χ4v) is 3.01. The number of carbonyl (C=O) groups is 1. The molecule has 0 spiro atoms. The van der Waals surface area contributed by atoms with E-state index in [-0.39, 0.29) is 5.91 Å². The van der Waals surface area contributed by atoms with Gasteiger partial charge in [0.2, 0.25) is 5.91 Å². The Bertz CT molecular complexity index is 661. The number of pyridine rings is 1. The van der Waals surface area contributed by atoms with Crippen LogP contribution in [0.25, 0.3) is 5.82 Å². The van der Waals surface area contributed by atoms with Gasteiger partial charge in [0.25, 0.3) is 0 Å². The second kappa shape index (κ2) is 7.37. The van der Waals surface area contributed by atoms with Crippen molar-refractivity contribution in [1.29, 1.82) is 0 Å². The number of rotatable bonds is 5. The number of imidazole rings is 1. The number of anilines is 1. The van der Waals surface area contributed by atoms with Crippen LogP contribution >= 0.6 is 0 Å². The first-order valence-electron chi connectivity index (χ1n) is 8.20. The SMILES string of the molecule is Cc1nccn1-c1ncccc1NC(=O)CCC1CCNCC1. The lowest BCUT2D eigenvalue weighted by molar-refractivity contribution is -0.116. The first-order valence-corrected chi connectivity index (χ1v) is 8.20. The summed E-state index contributed by atoms with van der Waals surface area (Å²) in [5.41, 5.74) is 0.726. The molecule has 1 aliphatic rings. The number of aromatic nitrogens is 3. The van der Waals surface area contributed by atoms with Crippen molar-refractivity contribution in [1.82, 2.24) is 19.9 Å². The molecule has 3 heterocycles. The summed E-state index contributed by atoms with van der Waals surface area (Å²) in [5.74, 6) is 2.26. The predicted octanol–water partition coefficient (Wildman–Crippen LogP) is 2.29. The highest BCUT2D eigenvalue weighted by Gasteiger charge is 2.16. The van der Waals surface area contributed by atoms with Crippen molar-refractivity contribution in [2.24, 2.45) is 5.92 Å². The molecule has 1 saturated heterocycles. The molecule has 1 amide bonds. The number of nitrogens with zero attached hydrogens (tertiary/aromatic N) is 3. The normalized spacial score (nSPS) is 15.5. The van der Waals surface area contributed by atoms with Crippen LogP contribution in [0.1, 0.15) is 31.5 Å². The van der Waals surface area contributed by atoms with E-state index in [1.807, 2.05) is 29.8 Å². The van der Waals surface area contributed by atoms with Crippen molar-refractivity contribution in [2.45, 2.75) is 32.6 Å². The van der Waals surface area contributed by atoms with E-state index in [2.05, 4.69) is 20.6 Å². The lowest BCUT2D eigenvalue weighted by Gasteiger charge is -2.22. The average molecular weight is 313 g/mol. The highest BCUT2D eigenvalue weighted by Crippen LogP contribution is 2.21. The lowest BCUT2D eigenvalue weighted by atomic mass is 9.93. The van der Waals surface area contributed by atoms with Gasteiger partial charge in [0, 0.05) is 25.0 Å². The minimum absolute atomic E-state index is 0.0514. The van der Waals surface area contributed by atoms with Crippen LogP contribution in [0, 0.1) is 12.8 Å². The number of hydrogen-bond acceptors (Lipinski definition) is 4. The topological polar surface area (TPSA) is 71.8 Å². The summed E-state index contributed by atoms with van der Waals surface area (Å²) in [6, 6.07) is 3.71. The Kier molecular flexibility index (Phi) is 5.02. The Balaban J connectivity index is 1.63. The van der Waals surface area contributed by atoms with E-state index >= 15 is 0 Å². The number of piperidine rings is 1. The number of hydrogen-bond donors (Lipinski definition) is 2. The lowest BCUT2D eigenvalue weighted by Crippen LogP contribution is -2.28. The van der Waals surface area contributed by atoms with Crippen LogP contribution in [-0.2, 0) is 4.79 Å². The molecule has 6 nitrogen and oxygen atoms in total. The largest absolute Gasteiger partial charge is 0.323 e. The standard InChI is InChI=1S/C17H23N5O/c1-13-19-11-12-22(13)17-15(3-2-8-20-17)21-16(23)5-4-14-6-9-18-10-7-14/h2-3,8,11-12,14,18H,4-7,9-10H2,1H3,(H,21,23). The Hall–Kier alpha value is -2.21. The summed E-state index contributed by atoms with van der Waals surface area (Å²) in [6.45, 7) is 4.05. The molecule has 6 heteroatoms. The summed E-state index contributed by atoms with van der Waals surface area (Å²) >= 11 is 0. The molecule has 0 bridgehead atoms. The molecule has 3 rings (SSSR count). The first kappa shape index (κ1) is 15.7. The van der Waals surface area contributed by atoms with Crippen LogP contribution in [0.2, 0.25) is 0 Å². The van der Waals surface area contributed by atoms with Gasteiger partial charge in [-0.1, -0.05) is 0 Å². The highest BCUT2D eigenvalue weighted by molar-refractivity contribution is 5.92. The first-order chi connectivity index (χ1) is 11.2. The zero-order valence-corrected chi connectivity index (χ0v) is 13.5. The Morgan fingerprint density at radius 2 is 2.17 bits per heavy atom. The number of carbonyl (C=O) groups excluding carboxylic acids is 1. The fourth-order valence-electron chi connectivity index (χ4n) is 3.01. The van der Waals surface area contributed by atoms with Gasteiger partial charge < -0.3 is 10.6 Å². The van der Waals surface area contributed by atoms with Gasteiger partial charge in [0.15, 0.2) is 5.82 Å². The molecular formula is C17H23N5O. The number of amides is 1. The van der Waals surface area contributed by atoms with E-state index in [1.54, 1.807) is 12.4 Å². The van der Waals surface area contributed by atoms with Gasteiger partial charge in [0.1, 0.15) is 5.82 Å². The monoisotopic (exact) mass is 313 g/mol. The van der Waals surface area contributed by atoms with Gasteiger partial charge in [-0.05, 0) is 57.3 Å². The van der Waals surface area contributed by atoms with Crippen LogP contribution in [0.15, 0.2) is 30.7 Å². The molecule has 2 aromatic heterocycles. The summed E-state index contributed by atoms with van der Waals surface area (Å²) in [4.78, 5) is 20.9. The summed E-state index contributed by atoms with van der Waals surface area (Å²) < 4.78 is 1.88. The van der Waals surface area contributed by atoms with Gasteiger partial charge in [-0.15, -0.1) is 0 Å². The fraction of sp³-hybridized carbons (Fsp3) is 0.471. The quantitative estimate of drug-likeness (QED) is 0.888. The Labute approximate surface area is 136 Å². The number of aryl methyl sites for hydroxylation is 1. The van der Waals surface area contributed by atoms with Crippen LogP contribution in [0.4, 0.5) is 5.69 Å². The molecule has 1 aliphatic heterocycles. The molecule has 0 aliphatic carbocycles. The zero-order valence-electron chi connectivity index (χ0n) is 13.5. The van der Waals surface area contributed by atoms with Crippen LogP contribution in [-0.4, -0.2) is 33.5 Å². The minimum Gasteiger partial charge on any atom is -0.323 e. The summed E-state index contributed by atoms with van der Waals surface area (Å²) in [6.07, 6.45) is 9.14. The molecule has 2 aromatic rings. The third kappa shape index (κ3) is 3.96. The molecule has 1 fully saturated rings. The maximum Gasteiger partial charge on any atom is 0.224 e. The van der Waals surface area contributed by atoms with E-state index in [4.69, 9.17) is 0 Å². The molecule has 0 unspecified atom stereocenters. The highest BCUT2D eigenvalue weighted by atomic mass is 16.1. The maximum absolute atomic E-state index is 12.3. The molecule has 122 valence electrons. The van der Waals surface area contributed by atoms with Crippen molar-refractivity contribution in [3.8, 4) is 5.82 Å². The summed E-state index contributed by atoms with van der Waals surface area (Å²) in [7, 11) is 0.